The van der Waals surface area contributed by atoms with Crippen molar-refractivity contribution in [1.82, 2.24) is 9.71 Å². The lowest BCUT2D eigenvalue weighted by Crippen LogP contribution is -2.24. The van der Waals surface area contributed by atoms with Crippen LogP contribution in [-0.4, -0.2) is 25.7 Å². The lowest BCUT2D eigenvalue weighted by molar-refractivity contribution is 0.533. The van der Waals surface area contributed by atoms with Crippen LogP contribution in [0.25, 0.3) is 10.2 Å². The van der Waals surface area contributed by atoms with E-state index in [1.165, 1.54) is 77.0 Å². The molecule has 182 valence electrons. The molecule has 0 atom stereocenters. The van der Waals surface area contributed by atoms with Gasteiger partial charge in [-0.1, -0.05) is 109 Å². The van der Waals surface area contributed by atoms with Crippen LogP contribution in [0.3, 0.4) is 0 Å². The normalized spacial score (nSPS) is 12.1. The number of benzene rings is 1. The molecule has 0 aliphatic rings. The van der Waals surface area contributed by atoms with E-state index in [0.717, 1.165) is 33.2 Å². The molecule has 1 heterocycles. The van der Waals surface area contributed by atoms with E-state index in [2.05, 4.69) is 23.6 Å². The van der Waals surface area contributed by atoms with Gasteiger partial charge < -0.3 is 0 Å². The fourth-order valence-electron chi connectivity index (χ4n) is 3.85. The number of thiazole rings is 1. The van der Waals surface area contributed by atoms with Crippen molar-refractivity contribution in [2.45, 2.75) is 113 Å². The van der Waals surface area contributed by atoms with Crippen molar-refractivity contribution in [3.05, 3.63) is 18.2 Å². The molecule has 0 bridgehead atoms. The number of nitrogens with one attached hydrogen (secondary N) is 1. The summed E-state index contributed by atoms with van der Waals surface area (Å²) in [7, 11) is -3.45. The van der Waals surface area contributed by atoms with Crippen molar-refractivity contribution in [1.29, 1.82) is 0 Å². The average Bonchev–Trinajstić information content (AvgIpc) is 3.18. The second-order valence-corrected chi connectivity index (χ2v) is 12.8. The zero-order valence-electron chi connectivity index (χ0n) is 20.0. The summed E-state index contributed by atoms with van der Waals surface area (Å²) in [4.78, 5) is 4.88. The zero-order valence-corrected chi connectivity index (χ0v) is 22.5. The number of thioether (sulfide) groups is 1. The van der Waals surface area contributed by atoms with Crippen molar-refractivity contribution >= 4 is 43.3 Å². The van der Waals surface area contributed by atoms with E-state index < -0.39 is 10.0 Å². The van der Waals surface area contributed by atoms with E-state index >= 15 is 0 Å². The van der Waals surface area contributed by atoms with Crippen molar-refractivity contribution in [3.63, 3.8) is 0 Å². The molecular weight excluding hydrogens is 456 g/mol. The maximum Gasteiger partial charge on any atom is 0.240 e. The zero-order chi connectivity index (χ0) is 23.1. The van der Waals surface area contributed by atoms with Crippen LogP contribution in [0.5, 0.6) is 0 Å². The third-order valence-electron chi connectivity index (χ3n) is 5.74. The van der Waals surface area contributed by atoms with Gasteiger partial charge >= 0.3 is 0 Å². The topological polar surface area (TPSA) is 59.1 Å². The van der Waals surface area contributed by atoms with Gasteiger partial charge in [0.15, 0.2) is 4.34 Å². The van der Waals surface area contributed by atoms with Crippen LogP contribution < -0.4 is 4.72 Å². The molecule has 0 saturated heterocycles. The van der Waals surface area contributed by atoms with Gasteiger partial charge in [-0.2, -0.15) is 0 Å². The van der Waals surface area contributed by atoms with Crippen LogP contribution >= 0.6 is 23.1 Å². The monoisotopic (exact) mass is 498 g/mol. The summed E-state index contributed by atoms with van der Waals surface area (Å²) < 4.78 is 29.9. The quantitative estimate of drug-likeness (QED) is 0.157. The first kappa shape index (κ1) is 27.6. The molecule has 1 aromatic heterocycles. The molecule has 1 aromatic carbocycles. The summed E-state index contributed by atoms with van der Waals surface area (Å²) in [6, 6.07) is 5.23. The molecule has 0 spiro atoms. The Bertz CT molecular complexity index is 865. The molecular formula is C25H42N2O2S3. The molecule has 1 N–H and O–H groups in total. The van der Waals surface area contributed by atoms with E-state index in [4.69, 9.17) is 0 Å². The van der Waals surface area contributed by atoms with E-state index in [1.54, 1.807) is 35.2 Å². The molecule has 0 amide bonds. The average molecular weight is 499 g/mol. The molecule has 32 heavy (non-hydrogen) atoms. The standard InChI is InChI=1S/C25H42N2O2S3/c1-3-5-6-7-8-9-10-11-12-13-14-15-16-17-20-26-32(28,29)22-18-19-23-24(21-22)31-25(27-23)30-4-2/h18-19,21,26H,3-17,20H2,1-2H3. The van der Waals surface area contributed by atoms with Crippen LogP contribution in [0.2, 0.25) is 0 Å². The number of hydrogen-bond acceptors (Lipinski definition) is 5. The number of rotatable bonds is 19. The van der Waals surface area contributed by atoms with E-state index in [-0.39, 0.29) is 0 Å². The number of nitrogens with zero attached hydrogens (tertiary/aromatic N) is 1. The molecule has 2 aromatic rings. The van der Waals surface area contributed by atoms with Gasteiger partial charge in [0.05, 0.1) is 15.1 Å². The first-order chi connectivity index (χ1) is 15.6. The van der Waals surface area contributed by atoms with E-state index in [0.29, 0.717) is 11.4 Å². The highest BCUT2D eigenvalue weighted by Gasteiger charge is 2.15. The summed E-state index contributed by atoms with van der Waals surface area (Å²) in [6.07, 6.45) is 18.2. The highest BCUT2D eigenvalue weighted by molar-refractivity contribution is 8.01. The molecule has 0 aliphatic heterocycles. The maximum atomic E-state index is 12.6. The summed E-state index contributed by atoms with van der Waals surface area (Å²) in [5, 5.41) is 0. The predicted octanol–water partition coefficient (Wildman–Crippen LogP) is 8.17. The summed E-state index contributed by atoms with van der Waals surface area (Å²) in [5.74, 6) is 0.964. The summed E-state index contributed by atoms with van der Waals surface area (Å²) in [6.45, 7) is 4.87. The van der Waals surface area contributed by atoms with Gasteiger partial charge in [0.1, 0.15) is 0 Å². The Balaban J connectivity index is 1.53. The van der Waals surface area contributed by atoms with Crippen LogP contribution in [0.1, 0.15) is 104 Å². The van der Waals surface area contributed by atoms with Crippen LogP contribution in [0.4, 0.5) is 0 Å². The Hall–Kier alpha value is -0.630. The van der Waals surface area contributed by atoms with Crippen molar-refractivity contribution in [2.75, 3.05) is 12.3 Å². The fourth-order valence-corrected chi connectivity index (χ4v) is 7.02. The highest BCUT2D eigenvalue weighted by Crippen LogP contribution is 2.30. The Kier molecular flexibility index (Phi) is 13.9. The fraction of sp³-hybridized carbons (Fsp3) is 0.720. The molecule has 0 unspecified atom stereocenters. The van der Waals surface area contributed by atoms with Crippen LogP contribution in [-0.2, 0) is 10.0 Å². The van der Waals surface area contributed by atoms with E-state index in [1.807, 2.05) is 6.07 Å². The minimum atomic E-state index is -3.45. The summed E-state index contributed by atoms with van der Waals surface area (Å²) in [5.41, 5.74) is 0.872. The summed E-state index contributed by atoms with van der Waals surface area (Å²) >= 11 is 3.25. The maximum absolute atomic E-state index is 12.6. The van der Waals surface area contributed by atoms with Gasteiger partial charge in [-0.3, -0.25) is 0 Å². The molecule has 0 fully saturated rings. The first-order valence-corrected chi connectivity index (χ1v) is 15.9. The van der Waals surface area contributed by atoms with Gasteiger partial charge in [-0.25, -0.2) is 18.1 Å². The smallest absolute Gasteiger partial charge is 0.230 e. The second-order valence-electron chi connectivity index (χ2n) is 8.54. The highest BCUT2D eigenvalue weighted by atomic mass is 32.2. The second kappa shape index (κ2) is 16.1. The van der Waals surface area contributed by atoms with Crippen LogP contribution in [0.15, 0.2) is 27.4 Å². The Labute approximate surface area is 204 Å². The van der Waals surface area contributed by atoms with E-state index in [9.17, 15) is 8.42 Å². The molecule has 0 aliphatic carbocycles. The van der Waals surface area contributed by atoms with Gasteiger partial charge in [-0.05, 0) is 30.4 Å². The molecule has 0 radical (unpaired) electrons. The predicted molar refractivity (Wildman–Crippen MR) is 142 cm³/mol. The van der Waals surface area contributed by atoms with Crippen molar-refractivity contribution in [3.8, 4) is 0 Å². The largest absolute Gasteiger partial charge is 0.240 e. The Morgan fingerprint density at radius 1 is 0.844 bits per heavy atom. The molecule has 0 saturated carbocycles. The number of sulfonamides is 1. The molecule has 7 heteroatoms. The van der Waals surface area contributed by atoms with Gasteiger partial charge in [0, 0.05) is 6.54 Å². The third-order valence-corrected chi connectivity index (χ3v) is 9.24. The Morgan fingerprint density at radius 2 is 1.41 bits per heavy atom. The lowest BCUT2D eigenvalue weighted by Gasteiger charge is -2.07. The minimum absolute atomic E-state index is 0.340. The molecule has 4 nitrogen and oxygen atoms in total. The van der Waals surface area contributed by atoms with Gasteiger partial charge in [0.2, 0.25) is 10.0 Å². The molecule has 2 rings (SSSR count). The SMILES string of the molecule is CCCCCCCCCCCCCCCCNS(=O)(=O)c1ccc2nc(SCC)sc2c1. The first-order valence-electron chi connectivity index (χ1n) is 12.6. The number of fused-ring (bicyclic) bond motifs is 1. The Morgan fingerprint density at radius 3 is 1.97 bits per heavy atom. The van der Waals surface area contributed by atoms with Crippen LogP contribution in [0, 0.1) is 0 Å². The number of unbranched alkanes of at least 4 members (excludes halogenated alkanes) is 13. The number of hydrogen-bond donors (Lipinski definition) is 1. The third kappa shape index (κ3) is 10.5. The lowest BCUT2D eigenvalue weighted by atomic mass is 10.0. The van der Waals surface area contributed by atoms with Gasteiger partial charge in [0.25, 0.3) is 0 Å². The number of aromatic nitrogens is 1. The van der Waals surface area contributed by atoms with Crippen molar-refractivity contribution in [2.24, 2.45) is 0 Å². The minimum Gasteiger partial charge on any atom is -0.230 e. The van der Waals surface area contributed by atoms with Crippen molar-refractivity contribution < 1.29 is 8.42 Å². The van der Waals surface area contributed by atoms with Gasteiger partial charge in [-0.15, -0.1) is 11.3 Å².